The maximum atomic E-state index is 13.7. The zero-order valence-electron chi connectivity index (χ0n) is 17.9. The number of aromatic nitrogens is 2. The van der Waals surface area contributed by atoms with Crippen molar-refractivity contribution in [2.45, 2.75) is 49.5 Å². The molecule has 0 unspecified atom stereocenters. The maximum absolute atomic E-state index is 13.7. The Balaban J connectivity index is 1.52. The van der Waals surface area contributed by atoms with Crippen molar-refractivity contribution in [3.05, 3.63) is 54.4 Å². The van der Waals surface area contributed by atoms with Gasteiger partial charge in [0.15, 0.2) is 0 Å². The lowest BCUT2D eigenvalue weighted by atomic mass is 9.99. The molecule has 1 aliphatic heterocycles. The lowest BCUT2D eigenvalue weighted by molar-refractivity contribution is 0.121. The topological polar surface area (TPSA) is 64.4 Å². The van der Waals surface area contributed by atoms with Crippen LogP contribution in [0.4, 0.5) is 5.69 Å². The van der Waals surface area contributed by atoms with Gasteiger partial charge in [0, 0.05) is 38.3 Å². The molecule has 164 valence electrons. The molecule has 0 spiro atoms. The Morgan fingerprint density at radius 1 is 1.13 bits per heavy atom. The van der Waals surface area contributed by atoms with E-state index in [1.165, 1.54) is 29.7 Å². The summed E-state index contributed by atoms with van der Waals surface area (Å²) in [7, 11) is -2.01. The summed E-state index contributed by atoms with van der Waals surface area (Å²) in [6.07, 6.45) is 10.5. The van der Waals surface area contributed by atoms with Crippen LogP contribution in [0.25, 0.3) is 11.0 Å². The third-order valence-electron chi connectivity index (χ3n) is 6.80. The molecular formula is C24H29N3O3S. The van der Waals surface area contributed by atoms with E-state index >= 15 is 0 Å². The summed E-state index contributed by atoms with van der Waals surface area (Å²) in [5.41, 5.74) is 3.41. The summed E-state index contributed by atoms with van der Waals surface area (Å²) < 4.78 is 34.3. The van der Waals surface area contributed by atoms with E-state index in [0.29, 0.717) is 16.3 Å². The maximum Gasteiger partial charge on any atom is 0.268 e. The molecule has 31 heavy (non-hydrogen) atoms. The van der Waals surface area contributed by atoms with Gasteiger partial charge in [0.25, 0.3) is 10.0 Å². The summed E-state index contributed by atoms with van der Waals surface area (Å²) in [5.74, 6) is 0.621. The second kappa shape index (κ2) is 8.28. The van der Waals surface area contributed by atoms with Gasteiger partial charge in [0.2, 0.25) is 0 Å². The minimum Gasteiger partial charge on any atom is -0.380 e. The van der Waals surface area contributed by atoms with Gasteiger partial charge in [-0.3, -0.25) is 4.98 Å². The Kier molecular flexibility index (Phi) is 5.48. The summed E-state index contributed by atoms with van der Waals surface area (Å²) in [5, 5.41) is 0. The van der Waals surface area contributed by atoms with E-state index in [4.69, 9.17) is 4.74 Å². The lowest BCUT2D eigenvalue weighted by Gasteiger charge is -2.19. The zero-order chi connectivity index (χ0) is 21.4. The normalized spacial score (nSPS) is 20.2. The molecule has 1 saturated carbocycles. The largest absolute Gasteiger partial charge is 0.380 e. The molecule has 0 bridgehead atoms. The van der Waals surface area contributed by atoms with Crippen molar-refractivity contribution in [1.82, 2.24) is 8.96 Å². The van der Waals surface area contributed by atoms with E-state index in [9.17, 15) is 8.42 Å². The molecule has 1 aliphatic carbocycles. The van der Waals surface area contributed by atoms with Crippen LogP contribution in [-0.2, 0) is 21.2 Å². The van der Waals surface area contributed by atoms with Gasteiger partial charge in [-0.1, -0.05) is 31.7 Å². The fourth-order valence-corrected chi connectivity index (χ4v) is 6.50. The van der Waals surface area contributed by atoms with Crippen LogP contribution >= 0.6 is 0 Å². The predicted octanol–water partition coefficient (Wildman–Crippen LogP) is 4.23. The highest BCUT2D eigenvalue weighted by Gasteiger charge is 2.26. The van der Waals surface area contributed by atoms with E-state index in [0.717, 1.165) is 42.7 Å². The molecule has 7 heteroatoms. The molecule has 2 aromatic heterocycles. The van der Waals surface area contributed by atoms with Crippen LogP contribution in [-0.4, -0.2) is 43.7 Å². The van der Waals surface area contributed by atoms with E-state index in [-0.39, 0.29) is 6.10 Å². The molecule has 0 radical (unpaired) electrons. The predicted molar refractivity (Wildman–Crippen MR) is 122 cm³/mol. The van der Waals surface area contributed by atoms with Crippen LogP contribution in [0.2, 0.25) is 0 Å². The number of ether oxygens (including phenoxy) is 1. The summed E-state index contributed by atoms with van der Waals surface area (Å²) in [4.78, 5) is 7.04. The number of anilines is 1. The Hall–Kier alpha value is -2.38. The zero-order valence-corrected chi connectivity index (χ0v) is 18.7. The van der Waals surface area contributed by atoms with Crippen molar-refractivity contribution >= 4 is 26.7 Å². The monoisotopic (exact) mass is 439 g/mol. The van der Waals surface area contributed by atoms with Crippen LogP contribution < -0.4 is 4.90 Å². The lowest BCUT2D eigenvalue weighted by Crippen LogP contribution is -2.22. The van der Waals surface area contributed by atoms with Crippen molar-refractivity contribution in [3.63, 3.8) is 0 Å². The van der Waals surface area contributed by atoms with Gasteiger partial charge >= 0.3 is 0 Å². The highest BCUT2D eigenvalue weighted by molar-refractivity contribution is 7.90. The standard InChI is InChI=1S/C24H29N3O3S/c1-30-21-11-13-26(17-21)20-8-4-9-22(15-20)31(28,29)27-16-19(14-18-6-2-3-7-18)24-23(27)10-5-12-25-24/h4-5,8-10,12,15-16,18,21H,2-3,6-7,11,13-14,17H2,1H3/t21-/m0/s1. The molecule has 1 saturated heterocycles. The number of pyridine rings is 1. The van der Waals surface area contributed by atoms with Gasteiger partial charge in [0.1, 0.15) is 0 Å². The molecule has 0 N–H and O–H groups in total. The molecule has 2 fully saturated rings. The van der Waals surface area contributed by atoms with Crippen LogP contribution in [0.3, 0.4) is 0 Å². The van der Waals surface area contributed by atoms with Gasteiger partial charge in [-0.15, -0.1) is 0 Å². The fourth-order valence-electron chi connectivity index (χ4n) is 5.08. The number of hydrogen-bond acceptors (Lipinski definition) is 5. The van der Waals surface area contributed by atoms with Crippen molar-refractivity contribution in [2.75, 3.05) is 25.1 Å². The first-order valence-corrected chi connectivity index (χ1v) is 12.6. The number of nitrogens with zero attached hydrogens (tertiary/aromatic N) is 3. The second-order valence-corrected chi connectivity index (χ2v) is 10.6. The van der Waals surface area contributed by atoms with Gasteiger partial charge in [-0.2, -0.15) is 0 Å². The average Bonchev–Trinajstić information content (AvgIpc) is 3.55. The molecule has 0 amide bonds. The van der Waals surface area contributed by atoms with Crippen molar-refractivity contribution < 1.29 is 13.2 Å². The van der Waals surface area contributed by atoms with Crippen LogP contribution in [0.15, 0.2) is 53.7 Å². The van der Waals surface area contributed by atoms with Crippen LogP contribution in [0.1, 0.15) is 37.7 Å². The molecular weight excluding hydrogens is 410 g/mol. The molecule has 1 atom stereocenters. The Labute approximate surface area is 183 Å². The van der Waals surface area contributed by atoms with Crippen LogP contribution in [0, 0.1) is 5.92 Å². The van der Waals surface area contributed by atoms with E-state index in [2.05, 4.69) is 9.88 Å². The van der Waals surface area contributed by atoms with Crippen molar-refractivity contribution in [1.29, 1.82) is 0 Å². The molecule has 1 aromatic carbocycles. The Morgan fingerprint density at radius 2 is 1.97 bits per heavy atom. The summed E-state index contributed by atoms with van der Waals surface area (Å²) in [6, 6.07) is 10.9. The number of benzene rings is 1. The third kappa shape index (κ3) is 3.85. The minimum absolute atomic E-state index is 0.192. The number of methoxy groups -OCH3 is 1. The van der Waals surface area contributed by atoms with E-state index in [1.54, 1.807) is 37.7 Å². The van der Waals surface area contributed by atoms with E-state index < -0.39 is 10.0 Å². The highest BCUT2D eigenvalue weighted by atomic mass is 32.2. The number of hydrogen-bond donors (Lipinski definition) is 0. The highest BCUT2D eigenvalue weighted by Crippen LogP contribution is 2.33. The van der Waals surface area contributed by atoms with Crippen molar-refractivity contribution in [2.24, 2.45) is 5.92 Å². The minimum atomic E-state index is -3.73. The molecule has 2 aliphatic rings. The van der Waals surface area contributed by atoms with Crippen LogP contribution in [0.5, 0.6) is 0 Å². The van der Waals surface area contributed by atoms with Gasteiger partial charge < -0.3 is 9.64 Å². The second-order valence-electron chi connectivity index (χ2n) is 8.77. The number of rotatable bonds is 6. The Morgan fingerprint density at radius 3 is 2.74 bits per heavy atom. The first-order chi connectivity index (χ1) is 15.1. The smallest absolute Gasteiger partial charge is 0.268 e. The molecule has 5 rings (SSSR count). The molecule has 3 aromatic rings. The third-order valence-corrected chi connectivity index (χ3v) is 8.47. The quantitative estimate of drug-likeness (QED) is 0.575. The van der Waals surface area contributed by atoms with Gasteiger partial charge in [-0.05, 0) is 54.7 Å². The van der Waals surface area contributed by atoms with Gasteiger partial charge in [0.05, 0.1) is 22.0 Å². The van der Waals surface area contributed by atoms with Gasteiger partial charge in [-0.25, -0.2) is 12.4 Å². The SMILES string of the molecule is CO[C@H]1CCN(c2cccc(S(=O)(=O)n3cc(CC4CCCC4)c4ncccc43)c2)C1. The number of fused-ring (bicyclic) bond motifs is 1. The average molecular weight is 440 g/mol. The first-order valence-electron chi connectivity index (χ1n) is 11.1. The summed E-state index contributed by atoms with van der Waals surface area (Å²) >= 11 is 0. The molecule has 3 heterocycles. The first kappa shape index (κ1) is 20.5. The van der Waals surface area contributed by atoms with E-state index in [1.807, 2.05) is 18.2 Å². The fraction of sp³-hybridized carbons (Fsp3) is 0.458. The van der Waals surface area contributed by atoms with Crippen molar-refractivity contribution in [3.8, 4) is 0 Å². The Bertz CT molecular complexity index is 1180. The summed E-state index contributed by atoms with van der Waals surface area (Å²) in [6.45, 7) is 1.64. The molecule has 6 nitrogen and oxygen atoms in total.